The van der Waals surface area contributed by atoms with Crippen molar-refractivity contribution >= 4 is 0 Å². The van der Waals surface area contributed by atoms with E-state index in [0.717, 1.165) is 17.3 Å². The van der Waals surface area contributed by atoms with Gasteiger partial charge in [0, 0.05) is 0 Å². The van der Waals surface area contributed by atoms with Gasteiger partial charge in [-0.15, -0.1) is 0 Å². The van der Waals surface area contributed by atoms with Gasteiger partial charge in [-0.25, -0.2) is 0 Å². The van der Waals surface area contributed by atoms with Crippen LogP contribution in [0.25, 0.3) is 0 Å². The molecule has 100 valence electrons. The maximum Gasteiger partial charge on any atom is -0.0292 e. The zero-order valence-corrected chi connectivity index (χ0v) is 12.9. The van der Waals surface area contributed by atoms with Crippen molar-refractivity contribution in [1.82, 2.24) is 0 Å². The molecule has 0 aromatic rings. The molecule has 17 heavy (non-hydrogen) atoms. The summed E-state index contributed by atoms with van der Waals surface area (Å²) in [5, 5.41) is 0. The van der Waals surface area contributed by atoms with E-state index in [2.05, 4.69) is 41.5 Å². The Kier molecular flexibility index (Phi) is 3.16. The van der Waals surface area contributed by atoms with Gasteiger partial charge in [0.05, 0.1) is 0 Å². The quantitative estimate of drug-likeness (QED) is 0.508. The highest BCUT2D eigenvalue weighted by Crippen LogP contribution is 2.61. The van der Waals surface area contributed by atoms with Crippen molar-refractivity contribution in [3.63, 3.8) is 0 Å². The average Bonchev–Trinajstić information content (AvgIpc) is 2.11. The molecule has 2 fully saturated rings. The zero-order valence-electron chi connectivity index (χ0n) is 12.9. The largest absolute Gasteiger partial charge is 0.0599 e. The van der Waals surface area contributed by atoms with E-state index in [1.165, 1.54) is 38.5 Å². The minimum absolute atomic E-state index is 0.536. The maximum absolute atomic E-state index is 2.42. The molecule has 1 spiro atoms. The normalized spacial score (nSPS) is 39.2. The molecule has 0 heterocycles. The van der Waals surface area contributed by atoms with Gasteiger partial charge in [-0.1, -0.05) is 41.5 Å². The monoisotopic (exact) mass is 236 g/mol. The molecule has 0 saturated heterocycles. The molecular weight excluding hydrogens is 204 g/mol. The van der Waals surface area contributed by atoms with Gasteiger partial charge in [0.2, 0.25) is 0 Å². The molecule has 2 saturated carbocycles. The van der Waals surface area contributed by atoms with Gasteiger partial charge in [-0.05, 0) is 66.6 Å². The minimum atomic E-state index is 0.536. The summed E-state index contributed by atoms with van der Waals surface area (Å²) in [4.78, 5) is 0. The molecule has 0 atom stereocenters. The van der Waals surface area contributed by atoms with Gasteiger partial charge in [-0.2, -0.15) is 0 Å². The topological polar surface area (TPSA) is 0 Å². The first-order valence-electron chi connectivity index (χ1n) is 7.62. The summed E-state index contributed by atoms with van der Waals surface area (Å²) in [5.41, 5.74) is 1.86. The van der Waals surface area contributed by atoms with Crippen LogP contribution in [0, 0.1) is 28.1 Å². The van der Waals surface area contributed by atoms with Gasteiger partial charge in [0.15, 0.2) is 0 Å². The molecule has 0 nitrogen and oxygen atoms in total. The molecule has 0 heteroatoms. The molecule has 0 amide bonds. The third kappa shape index (κ3) is 2.71. The SMILES string of the molecule is CC(C)(C)C1CCC2(CC1)CC(C(C)(C)C)C2. The van der Waals surface area contributed by atoms with Crippen LogP contribution in [0.3, 0.4) is 0 Å². The fourth-order valence-corrected chi connectivity index (χ4v) is 4.10. The second-order valence-corrected chi connectivity index (χ2v) is 9.11. The van der Waals surface area contributed by atoms with E-state index < -0.39 is 0 Å². The Bertz CT molecular complexity index is 257. The summed E-state index contributed by atoms with van der Waals surface area (Å²) >= 11 is 0. The van der Waals surface area contributed by atoms with E-state index >= 15 is 0 Å². The summed E-state index contributed by atoms with van der Waals surface area (Å²) in [6, 6.07) is 0. The van der Waals surface area contributed by atoms with Crippen LogP contribution >= 0.6 is 0 Å². The van der Waals surface area contributed by atoms with E-state index in [4.69, 9.17) is 0 Å². The summed E-state index contributed by atoms with van der Waals surface area (Å²) in [6.07, 6.45) is 9.05. The molecule has 2 aliphatic rings. The summed E-state index contributed by atoms with van der Waals surface area (Å²) < 4.78 is 0. The van der Waals surface area contributed by atoms with Crippen molar-refractivity contribution in [2.45, 2.75) is 80.1 Å². The number of hydrogen-bond donors (Lipinski definition) is 0. The van der Waals surface area contributed by atoms with Gasteiger partial charge >= 0.3 is 0 Å². The highest BCUT2D eigenvalue weighted by Gasteiger charge is 2.50. The molecule has 0 aliphatic heterocycles. The predicted molar refractivity (Wildman–Crippen MR) is 76.0 cm³/mol. The first-order chi connectivity index (χ1) is 7.62. The molecule has 2 aliphatic carbocycles. The van der Waals surface area contributed by atoms with Crippen LogP contribution in [-0.2, 0) is 0 Å². The van der Waals surface area contributed by atoms with Crippen LogP contribution < -0.4 is 0 Å². The van der Waals surface area contributed by atoms with Crippen molar-refractivity contribution in [3.05, 3.63) is 0 Å². The fraction of sp³-hybridized carbons (Fsp3) is 1.00. The molecule has 2 rings (SSSR count). The Morgan fingerprint density at radius 3 is 1.47 bits per heavy atom. The van der Waals surface area contributed by atoms with Crippen LogP contribution in [0.4, 0.5) is 0 Å². The van der Waals surface area contributed by atoms with Gasteiger partial charge < -0.3 is 0 Å². The lowest BCUT2D eigenvalue weighted by atomic mass is 9.49. The predicted octanol–water partition coefficient (Wildman–Crippen LogP) is 5.67. The van der Waals surface area contributed by atoms with Crippen molar-refractivity contribution in [2.24, 2.45) is 28.1 Å². The third-order valence-electron chi connectivity index (χ3n) is 5.85. The van der Waals surface area contributed by atoms with Crippen molar-refractivity contribution in [2.75, 3.05) is 0 Å². The lowest BCUT2D eigenvalue weighted by molar-refractivity contribution is -0.0590. The second-order valence-electron chi connectivity index (χ2n) is 9.11. The summed E-state index contributed by atoms with van der Waals surface area (Å²) in [7, 11) is 0. The van der Waals surface area contributed by atoms with Gasteiger partial charge in [0.1, 0.15) is 0 Å². The molecule has 0 aromatic heterocycles. The smallest absolute Gasteiger partial charge is 0.0292 e. The first kappa shape index (κ1) is 13.4. The highest BCUT2D eigenvalue weighted by atomic mass is 14.5. The third-order valence-corrected chi connectivity index (χ3v) is 5.85. The average molecular weight is 236 g/mol. The van der Waals surface area contributed by atoms with Crippen LogP contribution in [-0.4, -0.2) is 0 Å². The van der Waals surface area contributed by atoms with E-state index in [-0.39, 0.29) is 0 Å². The van der Waals surface area contributed by atoms with Crippen molar-refractivity contribution < 1.29 is 0 Å². The van der Waals surface area contributed by atoms with Crippen LogP contribution in [0.1, 0.15) is 80.1 Å². The molecule has 0 bridgehead atoms. The Labute approximate surface area is 109 Å². The number of rotatable bonds is 0. The Morgan fingerprint density at radius 2 is 1.12 bits per heavy atom. The Morgan fingerprint density at radius 1 is 0.706 bits per heavy atom. The van der Waals surface area contributed by atoms with E-state index in [0.29, 0.717) is 10.8 Å². The van der Waals surface area contributed by atoms with Crippen LogP contribution in [0.5, 0.6) is 0 Å². The van der Waals surface area contributed by atoms with Gasteiger partial charge in [-0.3, -0.25) is 0 Å². The zero-order chi connectivity index (χ0) is 12.9. The van der Waals surface area contributed by atoms with Gasteiger partial charge in [0.25, 0.3) is 0 Å². The molecular formula is C17H32. The minimum Gasteiger partial charge on any atom is -0.0599 e. The highest BCUT2D eigenvalue weighted by molar-refractivity contribution is 5.00. The van der Waals surface area contributed by atoms with Crippen molar-refractivity contribution in [3.8, 4) is 0 Å². The number of hydrogen-bond acceptors (Lipinski definition) is 0. The first-order valence-corrected chi connectivity index (χ1v) is 7.62. The Balaban J connectivity index is 1.86. The van der Waals surface area contributed by atoms with E-state index in [9.17, 15) is 0 Å². The lowest BCUT2D eigenvalue weighted by Gasteiger charge is -2.57. The van der Waals surface area contributed by atoms with E-state index in [1.807, 2.05) is 0 Å². The second kappa shape index (κ2) is 4.00. The molecule has 0 radical (unpaired) electrons. The van der Waals surface area contributed by atoms with E-state index in [1.54, 1.807) is 0 Å². The van der Waals surface area contributed by atoms with Crippen LogP contribution in [0.2, 0.25) is 0 Å². The van der Waals surface area contributed by atoms with Crippen LogP contribution in [0.15, 0.2) is 0 Å². The maximum atomic E-state index is 2.42. The Hall–Kier alpha value is 0. The molecule has 0 unspecified atom stereocenters. The summed E-state index contributed by atoms with van der Waals surface area (Å²) in [5.74, 6) is 1.97. The lowest BCUT2D eigenvalue weighted by Crippen LogP contribution is -2.46. The van der Waals surface area contributed by atoms with Crippen molar-refractivity contribution in [1.29, 1.82) is 0 Å². The standard InChI is InChI=1S/C17H32/c1-15(2,3)13-7-9-17(10-8-13)11-14(12-17)16(4,5)6/h13-14H,7-12H2,1-6H3. The molecule has 0 aromatic carbocycles. The summed E-state index contributed by atoms with van der Waals surface area (Å²) in [6.45, 7) is 14.5. The fourth-order valence-electron chi connectivity index (χ4n) is 4.10. The molecule has 0 N–H and O–H groups in total.